The third kappa shape index (κ3) is 3.99. The zero-order valence-electron chi connectivity index (χ0n) is 11.4. The molecule has 102 valence electrons. The molecular weight excluding hydrogens is 250 g/mol. The van der Waals surface area contributed by atoms with Gasteiger partial charge in [-0.2, -0.15) is 0 Å². The Kier molecular flexibility index (Phi) is 4.95. The monoisotopic (exact) mass is 267 g/mol. The van der Waals surface area contributed by atoms with Gasteiger partial charge >= 0.3 is 5.97 Å². The number of carbonyl (C=O) groups is 1. The van der Waals surface area contributed by atoms with E-state index in [9.17, 15) is 4.79 Å². The molecule has 0 atom stereocenters. The fourth-order valence-corrected chi connectivity index (χ4v) is 1.82. The van der Waals surface area contributed by atoms with Crippen molar-refractivity contribution in [3.63, 3.8) is 0 Å². The Labute approximate surface area is 118 Å². The quantitative estimate of drug-likeness (QED) is 0.665. The van der Waals surface area contributed by atoms with E-state index in [4.69, 9.17) is 0 Å². The van der Waals surface area contributed by atoms with Gasteiger partial charge in [-0.25, -0.2) is 4.79 Å². The fraction of sp³-hybridized carbons (Fsp3) is 0.118. The Morgan fingerprint density at radius 1 is 1.10 bits per heavy atom. The molecule has 3 nitrogen and oxygen atoms in total. The van der Waals surface area contributed by atoms with Crippen molar-refractivity contribution < 1.29 is 9.53 Å². The van der Waals surface area contributed by atoms with Crippen LogP contribution in [0.1, 0.15) is 11.1 Å². The number of ether oxygens (including phenoxy) is 1. The van der Waals surface area contributed by atoms with Crippen molar-refractivity contribution in [2.24, 2.45) is 0 Å². The van der Waals surface area contributed by atoms with Gasteiger partial charge < -0.3 is 10.1 Å². The van der Waals surface area contributed by atoms with Crippen molar-refractivity contribution in [2.75, 3.05) is 12.4 Å². The normalized spacial score (nSPS) is 10.4. The van der Waals surface area contributed by atoms with Crippen LogP contribution in [0.2, 0.25) is 0 Å². The molecule has 3 heteroatoms. The minimum atomic E-state index is -0.358. The Balaban J connectivity index is 2.08. The number of rotatable bonds is 5. The second-order valence-electron chi connectivity index (χ2n) is 4.28. The van der Waals surface area contributed by atoms with Crippen molar-refractivity contribution in [1.29, 1.82) is 0 Å². The molecule has 0 fully saturated rings. The van der Waals surface area contributed by atoms with E-state index >= 15 is 0 Å². The van der Waals surface area contributed by atoms with Crippen LogP contribution < -0.4 is 5.32 Å². The van der Waals surface area contributed by atoms with Gasteiger partial charge in [-0.3, -0.25) is 0 Å². The van der Waals surface area contributed by atoms with Crippen LogP contribution in [0, 0.1) is 0 Å². The van der Waals surface area contributed by atoms with Crippen LogP contribution in [0.5, 0.6) is 0 Å². The summed E-state index contributed by atoms with van der Waals surface area (Å²) in [4.78, 5) is 11.1. The average molecular weight is 267 g/mol. The van der Waals surface area contributed by atoms with Gasteiger partial charge in [0.2, 0.25) is 0 Å². The highest BCUT2D eigenvalue weighted by Gasteiger charge is 1.99. The van der Waals surface area contributed by atoms with Crippen LogP contribution in [-0.4, -0.2) is 13.1 Å². The molecule has 0 aliphatic heterocycles. The lowest BCUT2D eigenvalue weighted by atomic mass is 10.1. The minimum Gasteiger partial charge on any atom is -0.466 e. The SMILES string of the molecule is COC(=O)/C=C/c1ccccc1NCc1ccccc1. The van der Waals surface area contributed by atoms with Crippen LogP contribution in [0.15, 0.2) is 60.7 Å². The van der Waals surface area contributed by atoms with E-state index in [0.29, 0.717) is 0 Å². The largest absolute Gasteiger partial charge is 0.466 e. The van der Waals surface area contributed by atoms with E-state index in [1.807, 2.05) is 42.5 Å². The summed E-state index contributed by atoms with van der Waals surface area (Å²) < 4.78 is 4.59. The van der Waals surface area contributed by atoms with Crippen LogP contribution in [-0.2, 0) is 16.1 Å². The Bertz CT molecular complexity index is 591. The number of esters is 1. The molecule has 2 aromatic rings. The number of nitrogens with one attached hydrogen (secondary N) is 1. The van der Waals surface area contributed by atoms with Crippen LogP contribution in [0.3, 0.4) is 0 Å². The second-order valence-corrected chi connectivity index (χ2v) is 4.28. The van der Waals surface area contributed by atoms with Crippen molar-refractivity contribution in [3.05, 3.63) is 71.8 Å². The molecule has 20 heavy (non-hydrogen) atoms. The number of anilines is 1. The first-order valence-electron chi connectivity index (χ1n) is 6.42. The first kappa shape index (κ1) is 13.9. The topological polar surface area (TPSA) is 38.3 Å². The van der Waals surface area contributed by atoms with Gasteiger partial charge in [0.25, 0.3) is 0 Å². The van der Waals surface area contributed by atoms with Gasteiger partial charge in [0, 0.05) is 18.3 Å². The molecule has 0 unspecified atom stereocenters. The number of carbonyl (C=O) groups excluding carboxylic acids is 1. The molecule has 0 spiro atoms. The van der Waals surface area contributed by atoms with Gasteiger partial charge in [0.15, 0.2) is 0 Å². The standard InChI is InChI=1S/C17H17NO2/c1-20-17(19)12-11-15-9-5-6-10-16(15)18-13-14-7-3-2-4-8-14/h2-12,18H,13H2,1H3/b12-11+. The van der Waals surface area contributed by atoms with E-state index < -0.39 is 0 Å². The molecular formula is C17H17NO2. The number of hydrogen-bond donors (Lipinski definition) is 1. The third-order valence-electron chi connectivity index (χ3n) is 2.89. The molecule has 2 rings (SSSR count). The molecule has 0 aliphatic rings. The van der Waals surface area contributed by atoms with Crippen LogP contribution in [0.4, 0.5) is 5.69 Å². The molecule has 1 N–H and O–H groups in total. The smallest absolute Gasteiger partial charge is 0.330 e. The van der Waals surface area contributed by atoms with Crippen LogP contribution >= 0.6 is 0 Å². The summed E-state index contributed by atoms with van der Waals surface area (Å²) in [5.74, 6) is -0.358. The Hall–Kier alpha value is -2.55. The zero-order valence-corrected chi connectivity index (χ0v) is 11.4. The highest BCUT2D eigenvalue weighted by atomic mass is 16.5. The highest BCUT2D eigenvalue weighted by Crippen LogP contribution is 2.17. The summed E-state index contributed by atoms with van der Waals surface area (Å²) in [6, 6.07) is 18.0. The van der Waals surface area contributed by atoms with Gasteiger partial charge in [-0.15, -0.1) is 0 Å². The summed E-state index contributed by atoms with van der Waals surface area (Å²) in [6.07, 6.45) is 3.17. The first-order valence-corrected chi connectivity index (χ1v) is 6.42. The number of para-hydroxylation sites is 1. The average Bonchev–Trinajstić information content (AvgIpc) is 2.52. The lowest BCUT2D eigenvalue weighted by molar-refractivity contribution is -0.134. The lowest BCUT2D eigenvalue weighted by Gasteiger charge is -2.09. The molecule has 0 heterocycles. The van der Waals surface area contributed by atoms with Gasteiger partial charge in [-0.1, -0.05) is 48.5 Å². The molecule has 0 radical (unpaired) electrons. The van der Waals surface area contributed by atoms with Crippen LogP contribution in [0.25, 0.3) is 6.08 Å². The zero-order chi connectivity index (χ0) is 14.2. The number of methoxy groups -OCH3 is 1. The van der Waals surface area contributed by atoms with Gasteiger partial charge in [0.05, 0.1) is 7.11 Å². The minimum absolute atomic E-state index is 0.358. The van der Waals surface area contributed by atoms with Gasteiger partial charge in [-0.05, 0) is 23.3 Å². The molecule has 0 aliphatic carbocycles. The Morgan fingerprint density at radius 2 is 1.80 bits per heavy atom. The lowest BCUT2D eigenvalue weighted by Crippen LogP contribution is -2.01. The molecule has 0 bridgehead atoms. The fourth-order valence-electron chi connectivity index (χ4n) is 1.82. The van der Waals surface area contributed by atoms with Crippen molar-refractivity contribution in [1.82, 2.24) is 0 Å². The first-order chi connectivity index (χ1) is 9.79. The second kappa shape index (κ2) is 7.14. The summed E-state index contributed by atoms with van der Waals surface area (Å²) in [5.41, 5.74) is 3.14. The molecule has 0 amide bonds. The summed E-state index contributed by atoms with van der Waals surface area (Å²) in [5, 5.41) is 3.37. The summed E-state index contributed by atoms with van der Waals surface area (Å²) >= 11 is 0. The molecule has 0 saturated heterocycles. The highest BCUT2D eigenvalue weighted by molar-refractivity contribution is 5.88. The number of hydrogen-bond acceptors (Lipinski definition) is 3. The third-order valence-corrected chi connectivity index (χ3v) is 2.89. The van der Waals surface area contributed by atoms with E-state index in [0.717, 1.165) is 17.8 Å². The maximum Gasteiger partial charge on any atom is 0.330 e. The van der Waals surface area contributed by atoms with Crippen molar-refractivity contribution >= 4 is 17.7 Å². The van der Waals surface area contributed by atoms with E-state index in [1.165, 1.54) is 18.7 Å². The summed E-state index contributed by atoms with van der Waals surface area (Å²) in [6.45, 7) is 0.740. The Morgan fingerprint density at radius 3 is 2.55 bits per heavy atom. The molecule has 0 saturated carbocycles. The van der Waals surface area contributed by atoms with E-state index in [2.05, 4.69) is 22.2 Å². The maximum atomic E-state index is 11.1. The van der Waals surface area contributed by atoms with E-state index in [1.54, 1.807) is 6.08 Å². The number of benzene rings is 2. The van der Waals surface area contributed by atoms with E-state index in [-0.39, 0.29) is 5.97 Å². The summed E-state index contributed by atoms with van der Waals surface area (Å²) in [7, 11) is 1.37. The molecule has 2 aromatic carbocycles. The van der Waals surface area contributed by atoms with Gasteiger partial charge in [0.1, 0.15) is 0 Å². The van der Waals surface area contributed by atoms with Crippen molar-refractivity contribution in [2.45, 2.75) is 6.54 Å². The molecule has 0 aromatic heterocycles. The van der Waals surface area contributed by atoms with Crippen molar-refractivity contribution in [3.8, 4) is 0 Å². The predicted molar refractivity (Wildman–Crippen MR) is 81.3 cm³/mol. The predicted octanol–water partition coefficient (Wildman–Crippen LogP) is 3.48. The maximum absolute atomic E-state index is 11.1.